The Balaban J connectivity index is 2.98. The van der Waals surface area contributed by atoms with Crippen molar-refractivity contribution in [2.45, 2.75) is 5.25 Å². The predicted molar refractivity (Wildman–Crippen MR) is 51.7 cm³/mol. The van der Waals surface area contributed by atoms with Crippen LogP contribution in [0, 0.1) is 0 Å². The van der Waals surface area contributed by atoms with Crippen LogP contribution in [0.4, 0.5) is 0 Å². The van der Waals surface area contributed by atoms with Crippen LogP contribution >= 0.6 is 0 Å². The molecule has 0 saturated heterocycles. The maximum absolute atomic E-state index is 10.7. The summed E-state index contributed by atoms with van der Waals surface area (Å²) in [5.74, 6) is 0.575. The van der Waals surface area contributed by atoms with Gasteiger partial charge in [-0.15, -0.1) is 0 Å². The second-order valence-corrected chi connectivity index (χ2v) is 3.80. The fraction of sp³-hybridized carbons (Fsp3) is 0.333. The monoisotopic (exact) mass is 215 g/mol. The highest BCUT2D eigenvalue weighted by Crippen LogP contribution is 2.22. The van der Waals surface area contributed by atoms with Crippen molar-refractivity contribution >= 4 is 11.1 Å². The lowest BCUT2D eigenvalue weighted by atomic mass is 10.1. The summed E-state index contributed by atoms with van der Waals surface area (Å²) in [6.45, 7) is -0.427. The van der Waals surface area contributed by atoms with E-state index in [1.807, 2.05) is 0 Å². The molecule has 0 aliphatic heterocycles. The number of aliphatic hydroxyl groups excluding tert-OH is 1. The number of methoxy groups -OCH3 is 1. The van der Waals surface area contributed by atoms with E-state index in [-0.39, 0.29) is 0 Å². The molecule has 0 aliphatic carbocycles. The van der Waals surface area contributed by atoms with Crippen molar-refractivity contribution in [2.75, 3.05) is 13.7 Å². The first-order valence-corrected chi connectivity index (χ1v) is 5.15. The van der Waals surface area contributed by atoms with Crippen LogP contribution in [0.1, 0.15) is 10.8 Å². The third kappa shape index (κ3) is 2.54. The molecule has 0 aliphatic rings. The highest BCUT2D eigenvalue weighted by atomic mass is 32.2. The molecule has 0 saturated carbocycles. The highest BCUT2D eigenvalue weighted by molar-refractivity contribution is 7.79. The van der Waals surface area contributed by atoms with E-state index >= 15 is 0 Å². The second-order valence-electron chi connectivity index (χ2n) is 2.71. The standard InChI is InChI=1S/C9H12O4S/c1-13-8-4-2-3-7(5-8)9(6-10)14(11)12/h2-5,9-10H,6H2,1H3,(H,11,12)/p-1. The van der Waals surface area contributed by atoms with E-state index in [9.17, 15) is 8.76 Å². The topological polar surface area (TPSA) is 69.6 Å². The van der Waals surface area contributed by atoms with Gasteiger partial charge < -0.3 is 14.4 Å². The molecule has 1 aromatic carbocycles. The van der Waals surface area contributed by atoms with E-state index in [0.29, 0.717) is 11.3 Å². The average Bonchev–Trinajstić information content (AvgIpc) is 2.19. The van der Waals surface area contributed by atoms with Crippen molar-refractivity contribution in [1.82, 2.24) is 0 Å². The Labute approximate surface area is 84.8 Å². The molecule has 0 heterocycles. The molecule has 0 aromatic heterocycles. The molecule has 4 nitrogen and oxygen atoms in total. The Bertz CT molecular complexity index is 326. The van der Waals surface area contributed by atoms with Crippen molar-refractivity contribution in [1.29, 1.82) is 0 Å². The van der Waals surface area contributed by atoms with Gasteiger partial charge in [0, 0.05) is 0 Å². The third-order valence-corrected chi connectivity index (χ3v) is 2.75. The van der Waals surface area contributed by atoms with Crippen LogP contribution in [0.2, 0.25) is 0 Å². The maximum atomic E-state index is 10.7. The minimum absolute atomic E-state index is 0.427. The molecule has 2 atom stereocenters. The van der Waals surface area contributed by atoms with E-state index < -0.39 is 22.9 Å². The second kappa shape index (κ2) is 5.09. The Morgan fingerprint density at radius 1 is 1.64 bits per heavy atom. The number of ether oxygens (including phenoxy) is 1. The van der Waals surface area contributed by atoms with E-state index in [0.717, 1.165) is 0 Å². The Morgan fingerprint density at radius 2 is 2.36 bits per heavy atom. The van der Waals surface area contributed by atoms with Crippen LogP contribution in [-0.2, 0) is 11.1 Å². The highest BCUT2D eigenvalue weighted by Gasteiger charge is 2.11. The molecular formula is C9H11O4S-. The lowest BCUT2D eigenvalue weighted by Gasteiger charge is -2.17. The lowest BCUT2D eigenvalue weighted by Crippen LogP contribution is -2.10. The van der Waals surface area contributed by atoms with E-state index in [4.69, 9.17) is 9.84 Å². The quantitative estimate of drug-likeness (QED) is 0.747. The summed E-state index contributed by atoms with van der Waals surface area (Å²) in [4.78, 5) is 0. The Hall–Kier alpha value is -0.910. The van der Waals surface area contributed by atoms with Crippen molar-refractivity contribution in [2.24, 2.45) is 0 Å². The predicted octanol–water partition coefficient (Wildman–Crippen LogP) is 0.608. The van der Waals surface area contributed by atoms with Gasteiger partial charge in [-0.3, -0.25) is 4.21 Å². The first kappa shape index (κ1) is 11.2. The van der Waals surface area contributed by atoms with Gasteiger partial charge >= 0.3 is 0 Å². The average molecular weight is 215 g/mol. The fourth-order valence-corrected chi connectivity index (χ4v) is 1.61. The van der Waals surface area contributed by atoms with Gasteiger partial charge in [0.1, 0.15) is 5.75 Å². The van der Waals surface area contributed by atoms with Crippen LogP contribution in [0.15, 0.2) is 24.3 Å². The van der Waals surface area contributed by atoms with Gasteiger partial charge in [-0.2, -0.15) is 0 Å². The van der Waals surface area contributed by atoms with Gasteiger partial charge in [-0.1, -0.05) is 12.1 Å². The molecule has 5 heteroatoms. The number of benzene rings is 1. The van der Waals surface area contributed by atoms with Crippen molar-refractivity contribution in [3.05, 3.63) is 29.8 Å². The summed E-state index contributed by atoms with van der Waals surface area (Å²) >= 11 is -2.32. The van der Waals surface area contributed by atoms with Gasteiger partial charge in [0.2, 0.25) is 0 Å². The zero-order chi connectivity index (χ0) is 10.6. The maximum Gasteiger partial charge on any atom is 0.119 e. The molecule has 1 aromatic rings. The molecule has 78 valence electrons. The fourth-order valence-electron chi connectivity index (χ4n) is 1.12. The van der Waals surface area contributed by atoms with Gasteiger partial charge in [-0.05, 0) is 28.8 Å². The van der Waals surface area contributed by atoms with Crippen LogP contribution in [0.3, 0.4) is 0 Å². The zero-order valence-corrected chi connectivity index (χ0v) is 8.49. The van der Waals surface area contributed by atoms with Crippen molar-refractivity contribution in [3.63, 3.8) is 0 Å². The molecule has 1 N–H and O–H groups in total. The summed E-state index contributed by atoms with van der Waals surface area (Å²) in [5.41, 5.74) is 0.528. The van der Waals surface area contributed by atoms with Crippen LogP contribution in [0.5, 0.6) is 5.75 Å². The van der Waals surface area contributed by atoms with Gasteiger partial charge in [0.05, 0.1) is 19.0 Å². The first-order valence-electron chi connectivity index (χ1n) is 4.02. The van der Waals surface area contributed by atoms with Gasteiger partial charge in [0.15, 0.2) is 0 Å². The van der Waals surface area contributed by atoms with Crippen LogP contribution in [0.25, 0.3) is 0 Å². The minimum Gasteiger partial charge on any atom is -0.772 e. The minimum atomic E-state index is -2.32. The molecule has 1 rings (SSSR count). The SMILES string of the molecule is COc1cccc(C(CO)S(=O)[O-])c1. The first-order chi connectivity index (χ1) is 6.69. The van der Waals surface area contributed by atoms with E-state index in [2.05, 4.69) is 0 Å². The molecule has 0 fully saturated rings. The molecule has 2 unspecified atom stereocenters. The van der Waals surface area contributed by atoms with Gasteiger partial charge in [-0.25, -0.2) is 0 Å². The summed E-state index contributed by atoms with van der Waals surface area (Å²) in [6.07, 6.45) is 0. The van der Waals surface area contributed by atoms with Crippen LogP contribution in [-0.4, -0.2) is 27.6 Å². The molecule has 0 spiro atoms. The van der Waals surface area contributed by atoms with Gasteiger partial charge in [0.25, 0.3) is 0 Å². The zero-order valence-electron chi connectivity index (χ0n) is 7.67. The Morgan fingerprint density at radius 3 is 2.86 bits per heavy atom. The number of aliphatic hydroxyl groups is 1. The summed E-state index contributed by atoms with van der Waals surface area (Å²) < 4.78 is 26.4. The normalized spacial score (nSPS) is 14.8. The smallest absolute Gasteiger partial charge is 0.119 e. The largest absolute Gasteiger partial charge is 0.772 e. The lowest BCUT2D eigenvalue weighted by molar-refractivity contribution is 0.289. The molecule has 0 amide bonds. The molecule has 0 radical (unpaired) electrons. The van der Waals surface area contributed by atoms with E-state index in [1.54, 1.807) is 24.3 Å². The van der Waals surface area contributed by atoms with E-state index in [1.165, 1.54) is 7.11 Å². The van der Waals surface area contributed by atoms with Crippen molar-refractivity contribution < 1.29 is 18.6 Å². The summed E-state index contributed by atoms with van der Waals surface area (Å²) in [6, 6.07) is 6.63. The summed E-state index contributed by atoms with van der Waals surface area (Å²) in [5, 5.41) is 8.00. The number of hydrogen-bond donors (Lipinski definition) is 1. The number of hydrogen-bond acceptors (Lipinski definition) is 4. The molecule has 14 heavy (non-hydrogen) atoms. The number of rotatable bonds is 4. The van der Waals surface area contributed by atoms with Crippen LogP contribution < -0.4 is 4.74 Å². The molecular weight excluding hydrogens is 204 g/mol. The summed E-state index contributed by atoms with van der Waals surface area (Å²) in [7, 11) is 1.50. The molecule has 0 bridgehead atoms. The van der Waals surface area contributed by atoms with Crippen molar-refractivity contribution in [3.8, 4) is 5.75 Å². The Kier molecular flexibility index (Phi) is 4.06. The third-order valence-electron chi connectivity index (χ3n) is 1.86.